The van der Waals surface area contributed by atoms with E-state index in [9.17, 15) is 14.6 Å². The highest BCUT2D eigenvalue weighted by Gasteiger charge is 2.18. The van der Waals surface area contributed by atoms with Crippen molar-refractivity contribution in [3.63, 3.8) is 0 Å². The molecule has 0 aromatic heterocycles. The Bertz CT molecular complexity index is 576. The van der Waals surface area contributed by atoms with Gasteiger partial charge in [0.25, 0.3) is 0 Å². The molecule has 0 bridgehead atoms. The van der Waals surface area contributed by atoms with Crippen LogP contribution in [0.1, 0.15) is 11.1 Å². The van der Waals surface area contributed by atoms with Crippen molar-refractivity contribution in [2.75, 3.05) is 0 Å². The lowest BCUT2D eigenvalue weighted by Gasteiger charge is -2.18. The molecule has 18 heavy (non-hydrogen) atoms. The number of benzene rings is 2. The molecule has 2 radical (unpaired) electrons. The zero-order valence-corrected chi connectivity index (χ0v) is 9.89. The first-order chi connectivity index (χ1) is 8.39. The van der Waals surface area contributed by atoms with E-state index in [4.69, 9.17) is 7.85 Å². The van der Waals surface area contributed by atoms with Crippen LogP contribution in [-0.2, 0) is 5.69 Å². The quantitative estimate of drug-likeness (QED) is 0.625. The number of hydrogen-bond donors (Lipinski definition) is 2. The molecule has 0 fully saturated rings. The van der Waals surface area contributed by atoms with Gasteiger partial charge >= 0.3 is 0 Å². The van der Waals surface area contributed by atoms with Crippen LogP contribution in [0.15, 0.2) is 42.5 Å². The Kier molecular flexibility index (Phi) is 3.24. The Balaban J connectivity index is 2.55. The smallest absolute Gasteiger partial charge is 0.160 e. The van der Waals surface area contributed by atoms with Gasteiger partial charge in [-0.3, -0.25) is 0 Å². The lowest BCUT2D eigenvalue weighted by molar-refractivity contribution is -0.0909. The van der Waals surface area contributed by atoms with E-state index in [1.807, 2.05) is 0 Å². The van der Waals surface area contributed by atoms with Crippen LogP contribution < -0.4 is 0 Å². The van der Waals surface area contributed by atoms with Crippen molar-refractivity contribution in [1.29, 1.82) is 0 Å². The summed E-state index contributed by atoms with van der Waals surface area (Å²) in [6.45, 7) is 1.67. The highest BCUT2D eigenvalue weighted by atomic mass is 19.1. The topological polar surface area (TPSA) is 40.5 Å². The van der Waals surface area contributed by atoms with E-state index in [2.05, 4.69) is 0 Å². The van der Waals surface area contributed by atoms with Crippen LogP contribution in [0.25, 0.3) is 11.1 Å². The Labute approximate surface area is 106 Å². The van der Waals surface area contributed by atoms with Crippen LogP contribution in [0.5, 0.6) is 0 Å². The summed E-state index contributed by atoms with van der Waals surface area (Å²) < 4.78 is 14.0. The molecule has 4 heteroatoms. The number of aliphatic hydroxyl groups is 2. The highest BCUT2D eigenvalue weighted by Crippen LogP contribution is 2.27. The van der Waals surface area contributed by atoms with Crippen molar-refractivity contribution < 1.29 is 14.6 Å². The number of hydrogen-bond acceptors (Lipinski definition) is 2. The van der Waals surface area contributed by atoms with Crippen LogP contribution >= 0.6 is 0 Å². The summed E-state index contributed by atoms with van der Waals surface area (Å²) in [5.74, 6) is -0.326. The monoisotopic (exact) mass is 242 g/mol. The predicted octanol–water partition coefficient (Wildman–Crippen LogP) is 2.06. The fraction of sp³-hybridized carbons (Fsp3) is 0.143. The SMILES string of the molecule is [B]C(O)(O)c1cccc(-c2cccc(C)c2F)c1. The maximum atomic E-state index is 14.0. The molecule has 0 saturated carbocycles. The van der Waals surface area contributed by atoms with Crippen molar-refractivity contribution in [2.45, 2.75) is 12.6 Å². The average molecular weight is 242 g/mol. The molecule has 0 amide bonds. The molecule has 0 aliphatic heterocycles. The Morgan fingerprint density at radius 1 is 1.11 bits per heavy atom. The maximum Gasteiger partial charge on any atom is 0.160 e. The largest absolute Gasteiger partial charge is 0.371 e. The number of halogens is 1. The van der Waals surface area contributed by atoms with Crippen molar-refractivity contribution in [3.05, 3.63) is 59.4 Å². The van der Waals surface area contributed by atoms with Gasteiger partial charge in [0.2, 0.25) is 0 Å². The zero-order chi connectivity index (χ0) is 13.3. The lowest BCUT2D eigenvalue weighted by Crippen LogP contribution is -2.24. The number of rotatable bonds is 2. The van der Waals surface area contributed by atoms with E-state index in [0.29, 0.717) is 16.7 Å². The average Bonchev–Trinajstić information content (AvgIpc) is 2.32. The lowest BCUT2D eigenvalue weighted by atomic mass is 9.86. The van der Waals surface area contributed by atoms with Crippen LogP contribution in [0.3, 0.4) is 0 Å². The second kappa shape index (κ2) is 4.56. The van der Waals surface area contributed by atoms with Crippen molar-refractivity contribution in [2.24, 2.45) is 0 Å². The van der Waals surface area contributed by atoms with E-state index in [1.54, 1.807) is 37.3 Å². The predicted molar refractivity (Wildman–Crippen MR) is 68.4 cm³/mol. The summed E-state index contributed by atoms with van der Waals surface area (Å²) in [6, 6.07) is 11.3. The second-order valence-corrected chi connectivity index (χ2v) is 4.24. The van der Waals surface area contributed by atoms with Gasteiger partial charge in [-0.25, -0.2) is 4.39 Å². The van der Waals surface area contributed by atoms with E-state index in [-0.39, 0.29) is 11.4 Å². The minimum absolute atomic E-state index is 0.112. The fourth-order valence-electron chi connectivity index (χ4n) is 1.79. The maximum absolute atomic E-state index is 14.0. The molecule has 0 aliphatic rings. The number of aryl methyl sites for hydroxylation is 1. The Morgan fingerprint density at radius 3 is 2.44 bits per heavy atom. The van der Waals surface area contributed by atoms with Crippen molar-refractivity contribution >= 4 is 7.85 Å². The van der Waals surface area contributed by atoms with Gasteiger partial charge in [0.1, 0.15) is 11.5 Å². The summed E-state index contributed by atoms with van der Waals surface area (Å²) in [6.07, 6.45) is 0. The molecule has 0 atom stereocenters. The normalized spacial score (nSPS) is 11.6. The first kappa shape index (κ1) is 12.8. The van der Waals surface area contributed by atoms with Gasteiger partial charge < -0.3 is 10.2 Å². The summed E-state index contributed by atoms with van der Waals surface area (Å²) >= 11 is 0. The van der Waals surface area contributed by atoms with E-state index >= 15 is 0 Å². The molecule has 2 rings (SSSR count). The second-order valence-electron chi connectivity index (χ2n) is 4.24. The van der Waals surface area contributed by atoms with E-state index in [0.717, 1.165) is 0 Å². The molecule has 2 aromatic rings. The molecule has 2 N–H and O–H groups in total. The van der Waals surface area contributed by atoms with E-state index in [1.165, 1.54) is 12.1 Å². The van der Waals surface area contributed by atoms with Gasteiger partial charge in [-0.15, -0.1) is 0 Å². The van der Waals surface area contributed by atoms with Crippen LogP contribution in [0.4, 0.5) is 4.39 Å². The molecule has 90 valence electrons. The standard InChI is InChI=1S/C14H12BFO2/c1-9-4-2-7-12(13(9)16)10-5-3-6-11(8-10)14(15,17)18/h2-8,17-18H,1H3. The summed E-state index contributed by atoms with van der Waals surface area (Å²) in [4.78, 5) is 0. The Hall–Kier alpha value is -1.65. The molecule has 0 spiro atoms. The summed E-state index contributed by atoms with van der Waals surface area (Å²) in [5.41, 5.74) is -0.824. The minimum atomic E-state index is -2.42. The fourth-order valence-corrected chi connectivity index (χ4v) is 1.79. The van der Waals surface area contributed by atoms with Crippen LogP contribution in [0, 0.1) is 12.7 Å². The molecule has 2 aromatic carbocycles. The van der Waals surface area contributed by atoms with Gasteiger partial charge in [0.05, 0.1) is 0 Å². The zero-order valence-electron chi connectivity index (χ0n) is 9.89. The molecule has 0 unspecified atom stereocenters. The van der Waals surface area contributed by atoms with Crippen LogP contribution in [-0.4, -0.2) is 18.1 Å². The summed E-state index contributed by atoms with van der Waals surface area (Å²) in [5, 5.41) is 18.6. The van der Waals surface area contributed by atoms with E-state index < -0.39 is 5.69 Å². The molecular weight excluding hydrogens is 230 g/mol. The van der Waals surface area contributed by atoms with Gasteiger partial charge in [0.15, 0.2) is 7.85 Å². The first-order valence-electron chi connectivity index (χ1n) is 5.49. The third kappa shape index (κ3) is 2.45. The molecule has 0 heterocycles. The van der Waals surface area contributed by atoms with Gasteiger partial charge in [0, 0.05) is 11.1 Å². The van der Waals surface area contributed by atoms with Crippen molar-refractivity contribution in [1.82, 2.24) is 0 Å². The molecule has 0 saturated heterocycles. The van der Waals surface area contributed by atoms with Gasteiger partial charge in [-0.2, -0.15) is 0 Å². The Morgan fingerprint density at radius 2 is 1.78 bits per heavy atom. The highest BCUT2D eigenvalue weighted by molar-refractivity contribution is 6.13. The summed E-state index contributed by atoms with van der Waals surface area (Å²) in [7, 11) is 5.19. The van der Waals surface area contributed by atoms with Crippen LogP contribution in [0.2, 0.25) is 0 Å². The third-order valence-corrected chi connectivity index (χ3v) is 2.79. The first-order valence-corrected chi connectivity index (χ1v) is 5.49. The molecule has 0 aliphatic carbocycles. The minimum Gasteiger partial charge on any atom is -0.371 e. The van der Waals surface area contributed by atoms with Gasteiger partial charge in [-0.1, -0.05) is 36.4 Å². The van der Waals surface area contributed by atoms with Gasteiger partial charge in [-0.05, 0) is 24.1 Å². The third-order valence-electron chi connectivity index (χ3n) is 2.79. The molecule has 2 nitrogen and oxygen atoms in total. The van der Waals surface area contributed by atoms with Crippen molar-refractivity contribution in [3.8, 4) is 11.1 Å². The molecular formula is C14H12BFO2.